The zero-order chi connectivity index (χ0) is 21.9. The highest BCUT2D eigenvalue weighted by molar-refractivity contribution is 7.89. The second-order valence-corrected chi connectivity index (χ2v) is 10.9. The first-order valence-electron chi connectivity index (χ1n) is 9.61. The van der Waals surface area contributed by atoms with Crippen LogP contribution in [0.25, 0.3) is 0 Å². The SMILES string of the molecule is CN(C1CCCCC1)S(=O)(=O)c1ccc(C(=O)Nc2ccc(S(N)(=O)=O)cc2)cc1. The molecule has 0 spiro atoms. The highest BCUT2D eigenvalue weighted by atomic mass is 32.2. The molecule has 0 aromatic heterocycles. The van der Waals surface area contributed by atoms with Crippen molar-refractivity contribution in [2.24, 2.45) is 5.14 Å². The molecule has 1 aliphatic carbocycles. The zero-order valence-electron chi connectivity index (χ0n) is 16.6. The third-order valence-corrected chi connectivity index (χ3v) is 8.18. The number of rotatable bonds is 6. The number of amides is 1. The third kappa shape index (κ3) is 5.07. The van der Waals surface area contributed by atoms with E-state index in [1.807, 2.05) is 0 Å². The lowest BCUT2D eigenvalue weighted by atomic mass is 9.96. The molecule has 3 N–H and O–H groups in total. The van der Waals surface area contributed by atoms with Gasteiger partial charge in [0, 0.05) is 24.3 Å². The molecule has 0 aliphatic heterocycles. The van der Waals surface area contributed by atoms with Crippen LogP contribution in [0, 0.1) is 0 Å². The van der Waals surface area contributed by atoms with Gasteiger partial charge in [-0.15, -0.1) is 0 Å². The Morgan fingerprint density at radius 3 is 1.97 bits per heavy atom. The van der Waals surface area contributed by atoms with Crippen molar-refractivity contribution in [3.8, 4) is 0 Å². The Kier molecular flexibility index (Phi) is 6.61. The molecule has 1 fully saturated rings. The van der Waals surface area contributed by atoms with E-state index in [0.717, 1.165) is 32.1 Å². The molecule has 10 heteroatoms. The minimum atomic E-state index is -3.81. The van der Waals surface area contributed by atoms with E-state index in [-0.39, 0.29) is 21.4 Å². The smallest absolute Gasteiger partial charge is 0.255 e. The molecule has 0 saturated heterocycles. The monoisotopic (exact) mass is 451 g/mol. The molecule has 162 valence electrons. The summed E-state index contributed by atoms with van der Waals surface area (Å²) < 4.78 is 49.8. The van der Waals surface area contributed by atoms with Crippen molar-refractivity contribution in [2.75, 3.05) is 12.4 Å². The van der Waals surface area contributed by atoms with Gasteiger partial charge in [0.05, 0.1) is 9.79 Å². The van der Waals surface area contributed by atoms with Crippen LogP contribution in [0.5, 0.6) is 0 Å². The molecule has 2 aromatic rings. The van der Waals surface area contributed by atoms with E-state index in [1.54, 1.807) is 7.05 Å². The fourth-order valence-electron chi connectivity index (χ4n) is 3.52. The Morgan fingerprint density at radius 1 is 0.900 bits per heavy atom. The van der Waals surface area contributed by atoms with Crippen molar-refractivity contribution in [1.82, 2.24) is 4.31 Å². The summed E-state index contributed by atoms with van der Waals surface area (Å²) in [5, 5.41) is 7.68. The predicted octanol–water partition coefficient (Wildman–Crippen LogP) is 2.54. The van der Waals surface area contributed by atoms with Crippen LogP contribution >= 0.6 is 0 Å². The minimum absolute atomic E-state index is 0.00651. The zero-order valence-corrected chi connectivity index (χ0v) is 18.2. The Labute approximate surface area is 177 Å². The van der Waals surface area contributed by atoms with Gasteiger partial charge in [-0.1, -0.05) is 19.3 Å². The van der Waals surface area contributed by atoms with E-state index in [0.29, 0.717) is 5.69 Å². The molecule has 1 aliphatic rings. The van der Waals surface area contributed by atoms with E-state index >= 15 is 0 Å². The third-order valence-electron chi connectivity index (χ3n) is 5.32. The van der Waals surface area contributed by atoms with Crippen molar-refractivity contribution in [3.63, 3.8) is 0 Å². The highest BCUT2D eigenvalue weighted by Crippen LogP contribution is 2.26. The summed E-state index contributed by atoms with van der Waals surface area (Å²) in [6.45, 7) is 0. The average Bonchev–Trinajstić information content (AvgIpc) is 2.73. The molecule has 0 bridgehead atoms. The summed E-state index contributed by atoms with van der Waals surface area (Å²) in [6.07, 6.45) is 4.92. The van der Waals surface area contributed by atoms with Gasteiger partial charge in [-0.25, -0.2) is 22.0 Å². The molecule has 0 atom stereocenters. The number of benzene rings is 2. The molecule has 8 nitrogen and oxygen atoms in total. The van der Waals surface area contributed by atoms with Gasteiger partial charge in [0.15, 0.2) is 0 Å². The molecule has 0 unspecified atom stereocenters. The molecule has 1 saturated carbocycles. The summed E-state index contributed by atoms with van der Waals surface area (Å²) in [6, 6.07) is 11.2. The van der Waals surface area contributed by atoms with E-state index in [1.165, 1.54) is 52.8 Å². The van der Waals surface area contributed by atoms with Gasteiger partial charge >= 0.3 is 0 Å². The number of primary sulfonamides is 1. The van der Waals surface area contributed by atoms with Gasteiger partial charge in [-0.3, -0.25) is 4.79 Å². The van der Waals surface area contributed by atoms with Gasteiger partial charge in [0.25, 0.3) is 5.91 Å². The van der Waals surface area contributed by atoms with Crippen molar-refractivity contribution < 1.29 is 21.6 Å². The van der Waals surface area contributed by atoms with Crippen LogP contribution in [0.15, 0.2) is 58.3 Å². The Hall–Kier alpha value is -2.27. The number of sulfonamides is 2. The van der Waals surface area contributed by atoms with Crippen molar-refractivity contribution >= 4 is 31.6 Å². The number of hydrogen-bond donors (Lipinski definition) is 2. The topological polar surface area (TPSA) is 127 Å². The van der Waals surface area contributed by atoms with E-state index in [2.05, 4.69) is 5.32 Å². The summed E-state index contributed by atoms with van der Waals surface area (Å²) in [5.41, 5.74) is 0.672. The second-order valence-electron chi connectivity index (χ2n) is 7.36. The van der Waals surface area contributed by atoms with Crippen LogP contribution in [0.3, 0.4) is 0 Å². The maximum Gasteiger partial charge on any atom is 0.255 e. The first-order valence-corrected chi connectivity index (χ1v) is 12.6. The Balaban J connectivity index is 1.70. The minimum Gasteiger partial charge on any atom is -0.322 e. The molecule has 0 radical (unpaired) electrons. The number of carbonyl (C=O) groups excluding carboxylic acids is 1. The summed E-state index contributed by atoms with van der Waals surface area (Å²) in [4.78, 5) is 12.5. The lowest BCUT2D eigenvalue weighted by Gasteiger charge is -2.30. The largest absolute Gasteiger partial charge is 0.322 e. The predicted molar refractivity (Wildman–Crippen MR) is 114 cm³/mol. The molecule has 3 rings (SSSR count). The fraction of sp³-hybridized carbons (Fsp3) is 0.350. The standard InChI is InChI=1S/C20H25N3O5S2/c1-23(17-5-3-2-4-6-17)30(27,28)19-11-7-15(8-12-19)20(24)22-16-9-13-18(14-10-16)29(21,25)26/h7-14,17H,2-6H2,1H3,(H,22,24)(H2,21,25,26). The van der Waals surface area contributed by atoms with Crippen LogP contribution in [-0.4, -0.2) is 40.1 Å². The van der Waals surface area contributed by atoms with E-state index < -0.39 is 26.0 Å². The lowest BCUT2D eigenvalue weighted by molar-refractivity contribution is 0.102. The Bertz CT molecular complexity index is 1110. The number of nitrogens with zero attached hydrogens (tertiary/aromatic N) is 1. The molecule has 30 heavy (non-hydrogen) atoms. The molecule has 0 heterocycles. The normalized spacial score (nSPS) is 15.8. The number of carbonyl (C=O) groups is 1. The van der Waals surface area contributed by atoms with Crippen molar-refractivity contribution in [2.45, 2.75) is 47.9 Å². The molecule has 1 amide bonds. The second kappa shape index (κ2) is 8.84. The summed E-state index contributed by atoms with van der Waals surface area (Å²) in [5.74, 6) is -0.442. The van der Waals surface area contributed by atoms with Gasteiger partial charge in [-0.05, 0) is 61.4 Å². The number of hydrogen-bond acceptors (Lipinski definition) is 5. The van der Waals surface area contributed by atoms with Crippen LogP contribution < -0.4 is 10.5 Å². The first-order chi connectivity index (χ1) is 14.1. The van der Waals surface area contributed by atoms with Crippen molar-refractivity contribution in [1.29, 1.82) is 0 Å². The number of anilines is 1. The first kappa shape index (κ1) is 22.4. The van der Waals surface area contributed by atoms with Gasteiger partial charge < -0.3 is 5.32 Å². The lowest BCUT2D eigenvalue weighted by Crippen LogP contribution is -2.38. The summed E-state index contributed by atoms with van der Waals surface area (Å²) in [7, 11) is -5.83. The maximum absolute atomic E-state index is 12.9. The van der Waals surface area contributed by atoms with Gasteiger partial charge in [0.1, 0.15) is 0 Å². The van der Waals surface area contributed by atoms with Gasteiger partial charge in [-0.2, -0.15) is 4.31 Å². The average molecular weight is 452 g/mol. The number of nitrogens with one attached hydrogen (secondary N) is 1. The fourth-order valence-corrected chi connectivity index (χ4v) is 5.45. The highest BCUT2D eigenvalue weighted by Gasteiger charge is 2.29. The molecular formula is C20H25N3O5S2. The van der Waals surface area contributed by atoms with E-state index in [9.17, 15) is 21.6 Å². The van der Waals surface area contributed by atoms with Crippen molar-refractivity contribution in [3.05, 3.63) is 54.1 Å². The van der Waals surface area contributed by atoms with Gasteiger partial charge in [0.2, 0.25) is 20.0 Å². The number of nitrogens with two attached hydrogens (primary N) is 1. The Morgan fingerprint density at radius 2 is 1.43 bits per heavy atom. The van der Waals surface area contributed by atoms with E-state index in [4.69, 9.17) is 5.14 Å². The molecule has 2 aromatic carbocycles. The quantitative estimate of drug-likeness (QED) is 0.698. The maximum atomic E-state index is 12.9. The van der Waals surface area contributed by atoms with Crippen LogP contribution in [0.4, 0.5) is 5.69 Å². The van der Waals surface area contributed by atoms with Crippen LogP contribution in [-0.2, 0) is 20.0 Å². The van der Waals surface area contributed by atoms with Crippen LogP contribution in [0.2, 0.25) is 0 Å². The molecular weight excluding hydrogens is 426 g/mol. The van der Waals surface area contributed by atoms with Crippen LogP contribution in [0.1, 0.15) is 42.5 Å². The summed E-state index contributed by atoms with van der Waals surface area (Å²) >= 11 is 0.